The molecule has 3 nitrogen and oxygen atoms in total. The first-order chi connectivity index (χ1) is 10.8. The Balaban J connectivity index is 2.15. The molecule has 2 aliphatic rings. The molecule has 0 bridgehead atoms. The Morgan fingerprint density at radius 1 is 0.826 bits per heavy atom. The van der Waals surface area contributed by atoms with Gasteiger partial charge in [-0.25, -0.2) is 0 Å². The Labute approximate surface area is 143 Å². The maximum Gasteiger partial charge on any atom is 0.161 e. The SMILES string of the molecule is CC[C@@H]1O[C@@](C)(CC)[C@H](OC2O[C@H](CC)C(C)[C@H](C)C2C)C1C. The second-order valence-corrected chi connectivity index (χ2v) is 8.18. The Hall–Kier alpha value is -0.120. The molecular formula is C20H38O3. The first-order valence-electron chi connectivity index (χ1n) is 9.77. The highest BCUT2D eigenvalue weighted by molar-refractivity contribution is 4.98. The van der Waals surface area contributed by atoms with Crippen LogP contribution in [0, 0.1) is 23.7 Å². The fourth-order valence-electron chi connectivity index (χ4n) is 4.53. The Morgan fingerprint density at radius 2 is 1.43 bits per heavy atom. The molecule has 0 aromatic carbocycles. The largest absolute Gasteiger partial charge is 0.369 e. The van der Waals surface area contributed by atoms with Gasteiger partial charge in [-0.1, -0.05) is 48.5 Å². The molecule has 2 heterocycles. The molecule has 0 aliphatic carbocycles. The van der Waals surface area contributed by atoms with E-state index >= 15 is 0 Å². The molecule has 0 aromatic heterocycles. The van der Waals surface area contributed by atoms with Gasteiger partial charge in [0.2, 0.25) is 0 Å². The Kier molecular flexibility index (Phi) is 6.19. The molecule has 23 heavy (non-hydrogen) atoms. The molecule has 2 aliphatic heterocycles. The molecule has 0 radical (unpaired) electrons. The van der Waals surface area contributed by atoms with E-state index in [2.05, 4.69) is 55.4 Å². The van der Waals surface area contributed by atoms with Gasteiger partial charge < -0.3 is 14.2 Å². The highest BCUT2D eigenvalue weighted by Gasteiger charge is 2.51. The average Bonchev–Trinajstić information content (AvgIpc) is 2.79. The van der Waals surface area contributed by atoms with Crippen molar-refractivity contribution in [3.05, 3.63) is 0 Å². The zero-order valence-corrected chi connectivity index (χ0v) is 16.5. The number of rotatable bonds is 5. The van der Waals surface area contributed by atoms with Gasteiger partial charge in [0.1, 0.15) is 0 Å². The van der Waals surface area contributed by atoms with E-state index < -0.39 is 0 Å². The van der Waals surface area contributed by atoms with Crippen LogP contribution in [0.2, 0.25) is 0 Å². The van der Waals surface area contributed by atoms with Crippen LogP contribution < -0.4 is 0 Å². The van der Waals surface area contributed by atoms with E-state index in [1.165, 1.54) is 0 Å². The minimum Gasteiger partial charge on any atom is -0.369 e. The summed E-state index contributed by atoms with van der Waals surface area (Å²) in [5, 5.41) is 0. The van der Waals surface area contributed by atoms with Crippen LogP contribution in [0.25, 0.3) is 0 Å². The van der Waals surface area contributed by atoms with Crippen molar-refractivity contribution >= 4 is 0 Å². The summed E-state index contributed by atoms with van der Waals surface area (Å²) in [6.45, 7) is 18.0. The van der Waals surface area contributed by atoms with Gasteiger partial charge >= 0.3 is 0 Å². The second kappa shape index (κ2) is 7.41. The molecule has 9 atom stereocenters. The van der Waals surface area contributed by atoms with E-state index in [1.807, 2.05) is 0 Å². The zero-order valence-electron chi connectivity index (χ0n) is 16.5. The van der Waals surface area contributed by atoms with Crippen molar-refractivity contribution in [2.75, 3.05) is 0 Å². The van der Waals surface area contributed by atoms with E-state index in [-0.39, 0.29) is 18.0 Å². The lowest BCUT2D eigenvalue weighted by molar-refractivity contribution is -0.279. The second-order valence-electron chi connectivity index (χ2n) is 8.18. The molecule has 0 spiro atoms. The van der Waals surface area contributed by atoms with Crippen molar-refractivity contribution in [2.45, 2.75) is 105 Å². The number of hydrogen-bond donors (Lipinski definition) is 0. The first-order valence-corrected chi connectivity index (χ1v) is 9.77. The van der Waals surface area contributed by atoms with Crippen LogP contribution in [0.15, 0.2) is 0 Å². The molecule has 4 unspecified atom stereocenters. The maximum absolute atomic E-state index is 6.62. The van der Waals surface area contributed by atoms with E-state index in [4.69, 9.17) is 14.2 Å². The van der Waals surface area contributed by atoms with E-state index in [9.17, 15) is 0 Å². The third-order valence-corrected chi connectivity index (χ3v) is 6.86. The highest BCUT2D eigenvalue weighted by Crippen LogP contribution is 2.44. The van der Waals surface area contributed by atoms with Crippen LogP contribution in [0.4, 0.5) is 0 Å². The van der Waals surface area contributed by atoms with Crippen molar-refractivity contribution in [3.8, 4) is 0 Å². The number of ether oxygens (including phenoxy) is 3. The summed E-state index contributed by atoms with van der Waals surface area (Å²) in [4.78, 5) is 0. The van der Waals surface area contributed by atoms with Gasteiger partial charge in [0.25, 0.3) is 0 Å². The molecule has 2 rings (SSSR count). The number of hydrogen-bond acceptors (Lipinski definition) is 3. The van der Waals surface area contributed by atoms with Gasteiger partial charge in [-0.15, -0.1) is 0 Å². The van der Waals surface area contributed by atoms with Gasteiger partial charge in [-0.2, -0.15) is 0 Å². The lowest BCUT2D eigenvalue weighted by Gasteiger charge is -2.45. The van der Waals surface area contributed by atoms with Crippen LogP contribution in [-0.4, -0.2) is 30.2 Å². The van der Waals surface area contributed by atoms with Gasteiger partial charge in [0.15, 0.2) is 6.29 Å². The lowest BCUT2D eigenvalue weighted by Crippen LogP contribution is -2.50. The predicted octanol–water partition coefficient (Wildman–Crippen LogP) is 5.03. The van der Waals surface area contributed by atoms with Gasteiger partial charge in [0.05, 0.1) is 23.9 Å². The van der Waals surface area contributed by atoms with Crippen LogP contribution in [0.5, 0.6) is 0 Å². The van der Waals surface area contributed by atoms with Crippen LogP contribution >= 0.6 is 0 Å². The van der Waals surface area contributed by atoms with Gasteiger partial charge in [-0.3, -0.25) is 0 Å². The molecule has 0 N–H and O–H groups in total. The average molecular weight is 327 g/mol. The molecule has 0 amide bonds. The summed E-state index contributed by atoms with van der Waals surface area (Å²) >= 11 is 0. The van der Waals surface area contributed by atoms with E-state index in [0.717, 1.165) is 19.3 Å². The summed E-state index contributed by atoms with van der Waals surface area (Å²) < 4.78 is 19.4. The smallest absolute Gasteiger partial charge is 0.161 e. The van der Waals surface area contributed by atoms with Crippen molar-refractivity contribution in [1.82, 2.24) is 0 Å². The normalized spacial score (nSPS) is 51.1. The minimum absolute atomic E-state index is 0.108. The Morgan fingerprint density at radius 3 is 1.96 bits per heavy atom. The summed E-state index contributed by atoms with van der Waals surface area (Å²) in [5.41, 5.74) is -0.197. The molecule has 136 valence electrons. The Bertz CT molecular complexity index is 383. The van der Waals surface area contributed by atoms with Crippen molar-refractivity contribution in [2.24, 2.45) is 23.7 Å². The zero-order chi connectivity index (χ0) is 17.4. The fraction of sp³-hybridized carbons (Fsp3) is 1.00. The summed E-state index contributed by atoms with van der Waals surface area (Å²) in [7, 11) is 0. The van der Waals surface area contributed by atoms with E-state index in [1.54, 1.807) is 0 Å². The fourth-order valence-corrected chi connectivity index (χ4v) is 4.53. The third kappa shape index (κ3) is 3.48. The monoisotopic (exact) mass is 326 g/mol. The van der Waals surface area contributed by atoms with Crippen molar-refractivity contribution in [1.29, 1.82) is 0 Å². The molecule has 3 heteroatoms. The van der Waals surface area contributed by atoms with Gasteiger partial charge in [0, 0.05) is 11.8 Å². The summed E-state index contributed by atoms with van der Waals surface area (Å²) in [6, 6.07) is 0. The summed E-state index contributed by atoms with van der Waals surface area (Å²) in [5.74, 6) is 2.04. The molecular weight excluding hydrogens is 288 g/mol. The quantitative estimate of drug-likeness (QED) is 0.709. The van der Waals surface area contributed by atoms with Crippen molar-refractivity contribution in [3.63, 3.8) is 0 Å². The highest BCUT2D eigenvalue weighted by atomic mass is 16.7. The lowest BCUT2D eigenvalue weighted by atomic mass is 9.78. The summed E-state index contributed by atoms with van der Waals surface area (Å²) in [6.07, 6.45) is 3.68. The standard InChI is InChI=1S/C20H38O3/c1-9-16-13(5)12(4)14(6)19(21-16)22-18-15(7)17(10-2)23-20(18,8)11-3/h12-19H,9-11H2,1-8H3/t12-,13?,14?,15?,16+,17-,18+,19?,20-/m0/s1. The first kappa shape index (κ1) is 19.2. The predicted molar refractivity (Wildman–Crippen MR) is 94.3 cm³/mol. The van der Waals surface area contributed by atoms with Crippen LogP contribution in [0.3, 0.4) is 0 Å². The van der Waals surface area contributed by atoms with Gasteiger partial charge in [-0.05, 0) is 38.0 Å². The topological polar surface area (TPSA) is 27.7 Å². The third-order valence-electron chi connectivity index (χ3n) is 6.86. The maximum atomic E-state index is 6.62. The van der Waals surface area contributed by atoms with Crippen LogP contribution in [-0.2, 0) is 14.2 Å². The van der Waals surface area contributed by atoms with Crippen LogP contribution in [0.1, 0.15) is 74.7 Å². The minimum atomic E-state index is -0.197. The molecule has 2 saturated heterocycles. The van der Waals surface area contributed by atoms with E-state index in [0.29, 0.717) is 35.9 Å². The van der Waals surface area contributed by atoms with Crippen molar-refractivity contribution < 1.29 is 14.2 Å². The molecule has 0 saturated carbocycles. The molecule has 2 fully saturated rings. The molecule has 0 aromatic rings.